The van der Waals surface area contributed by atoms with Crippen LogP contribution >= 0.6 is 11.8 Å². The highest BCUT2D eigenvalue weighted by Gasteiger charge is 2.18. The molecule has 0 bridgehead atoms. The Balaban J connectivity index is 2.38. The Kier molecular flexibility index (Phi) is 2.09. The van der Waals surface area contributed by atoms with E-state index in [9.17, 15) is 0 Å². The molecule has 0 saturated carbocycles. The fourth-order valence-corrected chi connectivity index (χ4v) is 2.54. The molecule has 0 aliphatic carbocycles. The Morgan fingerprint density at radius 2 is 2.33 bits per heavy atom. The average Bonchev–Trinajstić information content (AvgIpc) is 2.47. The number of nitrogens with zero attached hydrogens (tertiary/aromatic N) is 3. The van der Waals surface area contributed by atoms with Gasteiger partial charge in [-0.1, -0.05) is 5.21 Å². The minimum atomic E-state index is 0.437. The van der Waals surface area contributed by atoms with Crippen LogP contribution in [0.3, 0.4) is 0 Å². The molecule has 1 aromatic heterocycles. The number of rotatable bonds is 1. The fraction of sp³-hybridized carbons (Fsp3) is 0.750. The van der Waals surface area contributed by atoms with Crippen molar-refractivity contribution in [3.63, 3.8) is 0 Å². The molecule has 0 amide bonds. The topological polar surface area (TPSA) is 30.7 Å². The predicted molar refractivity (Wildman–Crippen MR) is 49.5 cm³/mol. The third kappa shape index (κ3) is 1.24. The Hall–Kier alpha value is -0.510. The van der Waals surface area contributed by atoms with Crippen LogP contribution in [0.4, 0.5) is 0 Å². The molecule has 1 aliphatic heterocycles. The molecule has 2 rings (SSSR count). The van der Waals surface area contributed by atoms with Crippen molar-refractivity contribution in [1.29, 1.82) is 0 Å². The van der Waals surface area contributed by atoms with Gasteiger partial charge in [0.1, 0.15) is 5.03 Å². The van der Waals surface area contributed by atoms with E-state index in [0.29, 0.717) is 6.04 Å². The molecule has 0 saturated heterocycles. The third-order valence-corrected chi connectivity index (χ3v) is 3.19. The van der Waals surface area contributed by atoms with Crippen molar-refractivity contribution < 1.29 is 0 Å². The summed E-state index contributed by atoms with van der Waals surface area (Å²) in [7, 11) is 0. The van der Waals surface area contributed by atoms with Gasteiger partial charge in [0.05, 0.1) is 5.69 Å². The third-order valence-electron chi connectivity index (χ3n) is 2.00. The molecule has 0 unspecified atom stereocenters. The van der Waals surface area contributed by atoms with E-state index in [4.69, 9.17) is 0 Å². The van der Waals surface area contributed by atoms with Crippen molar-refractivity contribution in [3.05, 3.63) is 5.69 Å². The van der Waals surface area contributed by atoms with Crippen LogP contribution in [0.25, 0.3) is 0 Å². The molecule has 0 N–H and O–H groups in total. The number of hydrogen-bond donors (Lipinski definition) is 0. The van der Waals surface area contributed by atoms with Crippen LogP contribution in [0, 0.1) is 0 Å². The molecular weight excluding hydrogens is 170 g/mol. The van der Waals surface area contributed by atoms with E-state index in [1.807, 2.05) is 16.4 Å². The summed E-state index contributed by atoms with van der Waals surface area (Å²) in [4.78, 5) is 0. The molecule has 1 aromatic rings. The molecule has 1 aliphatic rings. The summed E-state index contributed by atoms with van der Waals surface area (Å²) in [6, 6.07) is 0.437. The molecule has 0 fully saturated rings. The van der Waals surface area contributed by atoms with Crippen molar-refractivity contribution in [2.75, 3.05) is 5.75 Å². The summed E-state index contributed by atoms with van der Waals surface area (Å²) in [6.07, 6.45) is 2.35. The summed E-state index contributed by atoms with van der Waals surface area (Å²) in [5.74, 6) is 1.22. The smallest absolute Gasteiger partial charge is 0.118 e. The number of hydrogen-bond acceptors (Lipinski definition) is 3. The number of aryl methyl sites for hydroxylation is 1. The fourth-order valence-electron chi connectivity index (χ4n) is 1.37. The van der Waals surface area contributed by atoms with Gasteiger partial charge in [0.2, 0.25) is 0 Å². The normalized spacial score (nSPS) is 16.6. The number of fused-ring (bicyclic) bond motifs is 1. The van der Waals surface area contributed by atoms with Gasteiger partial charge in [-0.15, -0.1) is 16.9 Å². The predicted octanol–water partition coefficient (Wildman–Crippen LogP) is 1.90. The van der Waals surface area contributed by atoms with E-state index in [1.54, 1.807) is 0 Å². The quantitative estimate of drug-likeness (QED) is 0.666. The molecule has 12 heavy (non-hydrogen) atoms. The van der Waals surface area contributed by atoms with Gasteiger partial charge in [-0.25, -0.2) is 4.68 Å². The monoisotopic (exact) mass is 183 g/mol. The van der Waals surface area contributed by atoms with Gasteiger partial charge >= 0.3 is 0 Å². The molecule has 66 valence electrons. The summed E-state index contributed by atoms with van der Waals surface area (Å²) >= 11 is 1.89. The Morgan fingerprint density at radius 1 is 1.50 bits per heavy atom. The van der Waals surface area contributed by atoms with E-state index in [1.165, 1.54) is 22.9 Å². The molecule has 0 aromatic carbocycles. The van der Waals surface area contributed by atoms with Gasteiger partial charge in [0.15, 0.2) is 0 Å². The van der Waals surface area contributed by atoms with Crippen LogP contribution in [-0.2, 0) is 6.42 Å². The summed E-state index contributed by atoms with van der Waals surface area (Å²) in [5.41, 5.74) is 1.19. The number of thioether (sulfide) groups is 1. The lowest BCUT2D eigenvalue weighted by Crippen LogP contribution is -2.07. The van der Waals surface area contributed by atoms with Crippen LogP contribution in [0.5, 0.6) is 0 Å². The standard InChI is InChI=1S/C8H13N3S/c1-6(2)11-8-7(9-10-11)4-3-5-12-8/h6H,3-5H2,1-2H3. The highest BCUT2D eigenvalue weighted by molar-refractivity contribution is 7.99. The first-order valence-corrected chi connectivity index (χ1v) is 5.34. The Labute approximate surface area is 76.5 Å². The molecular formula is C8H13N3S. The maximum Gasteiger partial charge on any atom is 0.118 e. The summed E-state index contributed by atoms with van der Waals surface area (Å²) < 4.78 is 2.03. The lowest BCUT2D eigenvalue weighted by molar-refractivity contribution is 0.478. The molecule has 0 radical (unpaired) electrons. The lowest BCUT2D eigenvalue weighted by atomic mass is 10.2. The van der Waals surface area contributed by atoms with Gasteiger partial charge in [-0.3, -0.25) is 0 Å². The summed E-state index contributed by atoms with van der Waals surface area (Å²) in [5, 5.41) is 9.60. The molecule has 0 atom stereocenters. The first-order chi connectivity index (χ1) is 5.79. The van der Waals surface area contributed by atoms with E-state index >= 15 is 0 Å². The first-order valence-electron chi connectivity index (χ1n) is 4.36. The maximum atomic E-state index is 4.17. The van der Waals surface area contributed by atoms with Crippen molar-refractivity contribution in [3.8, 4) is 0 Å². The highest BCUT2D eigenvalue weighted by Crippen LogP contribution is 2.29. The van der Waals surface area contributed by atoms with Crippen LogP contribution in [0.15, 0.2) is 5.03 Å². The van der Waals surface area contributed by atoms with Crippen LogP contribution in [-0.4, -0.2) is 20.7 Å². The largest absolute Gasteiger partial charge is 0.236 e. The maximum absolute atomic E-state index is 4.17. The van der Waals surface area contributed by atoms with Crippen molar-refractivity contribution >= 4 is 11.8 Å². The zero-order chi connectivity index (χ0) is 8.55. The van der Waals surface area contributed by atoms with Crippen molar-refractivity contribution in [1.82, 2.24) is 15.0 Å². The second kappa shape index (κ2) is 3.09. The second-order valence-corrected chi connectivity index (χ2v) is 4.42. The minimum Gasteiger partial charge on any atom is -0.236 e. The minimum absolute atomic E-state index is 0.437. The van der Waals surface area contributed by atoms with Crippen LogP contribution in [0.1, 0.15) is 32.0 Å². The van der Waals surface area contributed by atoms with E-state index in [0.717, 1.165) is 6.42 Å². The van der Waals surface area contributed by atoms with Gasteiger partial charge in [0, 0.05) is 6.04 Å². The van der Waals surface area contributed by atoms with E-state index in [2.05, 4.69) is 24.2 Å². The first kappa shape index (κ1) is 8.10. The Morgan fingerprint density at radius 3 is 3.08 bits per heavy atom. The zero-order valence-electron chi connectivity index (χ0n) is 7.45. The number of aromatic nitrogens is 3. The zero-order valence-corrected chi connectivity index (χ0v) is 8.27. The van der Waals surface area contributed by atoms with Gasteiger partial charge in [0.25, 0.3) is 0 Å². The summed E-state index contributed by atoms with van der Waals surface area (Å²) in [6.45, 7) is 4.29. The van der Waals surface area contributed by atoms with Gasteiger partial charge < -0.3 is 0 Å². The van der Waals surface area contributed by atoms with E-state index in [-0.39, 0.29) is 0 Å². The average molecular weight is 183 g/mol. The van der Waals surface area contributed by atoms with Crippen LogP contribution < -0.4 is 0 Å². The van der Waals surface area contributed by atoms with Gasteiger partial charge in [-0.05, 0) is 32.4 Å². The van der Waals surface area contributed by atoms with Crippen molar-refractivity contribution in [2.45, 2.75) is 37.8 Å². The Bertz CT molecular complexity index is 280. The molecule has 0 spiro atoms. The lowest BCUT2D eigenvalue weighted by Gasteiger charge is -2.13. The van der Waals surface area contributed by atoms with Crippen LogP contribution in [0.2, 0.25) is 0 Å². The molecule has 2 heterocycles. The molecule has 3 nitrogen and oxygen atoms in total. The van der Waals surface area contributed by atoms with Crippen molar-refractivity contribution in [2.24, 2.45) is 0 Å². The second-order valence-electron chi connectivity index (χ2n) is 3.33. The van der Waals surface area contributed by atoms with Gasteiger partial charge in [-0.2, -0.15) is 0 Å². The van der Waals surface area contributed by atoms with E-state index < -0.39 is 0 Å². The SMILES string of the molecule is CC(C)n1nnc2c1SCCC2. The molecule has 4 heteroatoms. The highest BCUT2D eigenvalue weighted by atomic mass is 32.2.